The molecule has 1 aliphatic rings. The van der Waals surface area contributed by atoms with Gasteiger partial charge in [0, 0.05) is 17.1 Å². The Labute approximate surface area is 155 Å². The first-order valence-electron chi connectivity index (χ1n) is 8.78. The molecule has 134 valence electrons. The second-order valence-electron chi connectivity index (χ2n) is 6.95. The number of carbonyl (C=O) groups excluding carboxylic acids is 1. The molecule has 0 unspecified atom stereocenters. The van der Waals surface area contributed by atoms with Crippen LogP contribution in [0.25, 0.3) is 5.65 Å². The van der Waals surface area contributed by atoms with Crippen molar-refractivity contribution in [3.8, 4) is 0 Å². The molecule has 0 fully saturated rings. The van der Waals surface area contributed by atoms with E-state index in [9.17, 15) is 9.59 Å². The molecule has 1 atom stereocenters. The monoisotopic (exact) mass is 368 g/mol. The maximum atomic E-state index is 12.4. The fraction of sp³-hybridized carbons (Fsp3) is 0.350. The lowest BCUT2D eigenvalue weighted by Crippen LogP contribution is -2.17. The number of aromatic nitrogens is 2. The standard InChI is InChI=1S/C20H20N2O3S/c1-12-5-6-16-14(8-12)9-17(26-16)20(24)25-11-15-10-18(23)22-7-3-4-13(2)19(22)21-15/h3-4,7,9-10,12H,5-6,8,11H2,1-2H3/t12-/m1/s1. The van der Waals surface area contributed by atoms with Crippen molar-refractivity contribution in [3.63, 3.8) is 0 Å². The zero-order valence-corrected chi connectivity index (χ0v) is 15.6. The predicted octanol–water partition coefficient (Wildman–Crippen LogP) is 3.55. The van der Waals surface area contributed by atoms with Crippen molar-refractivity contribution in [1.82, 2.24) is 9.38 Å². The number of rotatable bonds is 3. The molecule has 0 aliphatic heterocycles. The Hall–Kier alpha value is -2.47. The zero-order valence-electron chi connectivity index (χ0n) is 14.8. The second-order valence-corrected chi connectivity index (χ2v) is 8.09. The van der Waals surface area contributed by atoms with Crippen molar-refractivity contribution in [2.75, 3.05) is 0 Å². The molecule has 6 heteroatoms. The number of nitrogens with zero attached hydrogens (tertiary/aromatic N) is 2. The summed E-state index contributed by atoms with van der Waals surface area (Å²) in [5.74, 6) is 0.322. The quantitative estimate of drug-likeness (QED) is 0.664. The van der Waals surface area contributed by atoms with Crippen molar-refractivity contribution in [2.45, 2.75) is 39.7 Å². The Balaban J connectivity index is 1.52. The van der Waals surface area contributed by atoms with Gasteiger partial charge in [-0.15, -0.1) is 11.3 Å². The van der Waals surface area contributed by atoms with Gasteiger partial charge >= 0.3 is 5.97 Å². The van der Waals surface area contributed by atoms with Crippen LogP contribution in [0, 0.1) is 12.8 Å². The van der Waals surface area contributed by atoms with Crippen LogP contribution in [0.5, 0.6) is 0 Å². The van der Waals surface area contributed by atoms with Crippen molar-refractivity contribution in [2.24, 2.45) is 5.92 Å². The molecular formula is C20H20N2O3S. The summed E-state index contributed by atoms with van der Waals surface area (Å²) in [6.07, 6.45) is 4.93. The Kier molecular flexibility index (Phi) is 4.36. The van der Waals surface area contributed by atoms with Crippen molar-refractivity contribution in [1.29, 1.82) is 0 Å². The van der Waals surface area contributed by atoms with Crippen LogP contribution < -0.4 is 5.56 Å². The number of carbonyl (C=O) groups is 1. The van der Waals surface area contributed by atoms with Crippen molar-refractivity contribution < 1.29 is 9.53 Å². The summed E-state index contributed by atoms with van der Waals surface area (Å²) >= 11 is 1.53. The molecule has 3 aromatic rings. The highest BCUT2D eigenvalue weighted by Gasteiger charge is 2.21. The summed E-state index contributed by atoms with van der Waals surface area (Å²) in [5, 5.41) is 0. The summed E-state index contributed by atoms with van der Waals surface area (Å²) in [5.41, 5.74) is 3.06. The van der Waals surface area contributed by atoms with E-state index in [1.807, 2.05) is 25.1 Å². The molecule has 0 radical (unpaired) electrons. The molecule has 0 bridgehead atoms. The third-order valence-corrected chi connectivity index (χ3v) is 6.04. The summed E-state index contributed by atoms with van der Waals surface area (Å²) < 4.78 is 6.92. The van der Waals surface area contributed by atoms with Gasteiger partial charge in [-0.05, 0) is 55.4 Å². The highest BCUT2D eigenvalue weighted by Crippen LogP contribution is 2.32. The van der Waals surface area contributed by atoms with E-state index in [0.29, 0.717) is 22.1 Å². The lowest BCUT2D eigenvalue weighted by atomic mass is 9.90. The van der Waals surface area contributed by atoms with Gasteiger partial charge in [-0.2, -0.15) is 0 Å². The summed E-state index contributed by atoms with van der Waals surface area (Å²) in [4.78, 5) is 31.0. The normalized spacial score (nSPS) is 16.5. The van der Waals surface area contributed by atoms with Crippen LogP contribution >= 0.6 is 11.3 Å². The van der Waals surface area contributed by atoms with Gasteiger partial charge in [-0.25, -0.2) is 9.78 Å². The van der Waals surface area contributed by atoms with E-state index in [1.165, 1.54) is 38.7 Å². The zero-order chi connectivity index (χ0) is 18.3. The average molecular weight is 368 g/mol. The molecule has 1 aliphatic carbocycles. The highest BCUT2D eigenvalue weighted by molar-refractivity contribution is 7.14. The predicted molar refractivity (Wildman–Crippen MR) is 101 cm³/mol. The van der Waals surface area contributed by atoms with Crippen LogP contribution in [0.1, 0.15) is 44.7 Å². The Morgan fingerprint density at radius 3 is 3.12 bits per heavy atom. The number of ether oxygens (including phenoxy) is 1. The van der Waals surface area contributed by atoms with Crippen LogP contribution in [0.2, 0.25) is 0 Å². The summed E-state index contributed by atoms with van der Waals surface area (Å²) in [6.45, 7) is 4.14. The van der Waals surface area contributed by atoms with Gasteiger partial charge in [-0.1, -0.05) is 13.0 Å². The molecule has 26 heavy (non-hydrogen) atoms. The molecule has 0 aromatic carbocycles. The van der Waals surface area contributed by atoms with Gasteiger partial charge in [0.2, 0.25) is 0 Å². The molecule has 3 heterocycles. The third kappa shape index (κ3) is 3.17. The van der Waals surface area contributed by atoms with Crippen molar-refractivity contribution >= 4 is 23.0 Å². The minimum atomic E-state index is -0.344. The van der Waals surface area contributed by atoms with Gasteiger partial charge in [0.05, 0.1) is 5.69 Å². The van der Waals surface area contributed by atoms with Gasteiger partial charge in [-0.3, -0.25) is 9.20 Å². The van der Waals surface area contributed by atoms with E-state index in [-0.39, 0.29) is 18.1 Å². The topological polar surface area (TPSA) is 60.7 Å². The molecule has 0 saturated carbocycles. The molecule has 0 saturated heterocycles. The number of pyridine rings is 1. The number of fused-ring (bicyclic) bond motifs is 2. The van der Waals surface area contributed by atoms with Crippen LogP contribution in [0.3, 0.4) is 0 Å². The van der Waals surface area contributed by atoms with E-state index in [1.54, 1.807) is 6.20 Å². The Morgan fingerprint density at radius 2 is 2.27 bits per heavy atom. The average Bonchev–Trinajstić information content (AvgIpc) is 3.04. The van der Waals surface area contributed by atoms with Crippen molar-refractivity contribution in [3.05, 3.63) is 67.4 Å². The van der Waals surface area contributed by atoms with Crippen LogP contribution in [-0.4, -0.2) is 15.4 Å². The van der Waals surface area contributed by atoms with Crippen LogP contribution in [0.4, 0.5) is 0 Å². The third-order valence-electron chi connectivity index (χ3n) is 4.82. The summed E-state index contributed by atoms with van der Waals surface area (Å²) in [7, 11) is 0. The van der Waals surface area contributed by atoms with Gasteiger partial charge in [0.15, 0.2) is 0 Å². The number of aryl methyl sites for hydroxylation is 2. The van der Waals surface area contributed by atoms with Gasteiger partial charge in [0.25, 0.3) is 5.56 Å². The largest absolute Gasteiger partial charge is 0.455 e. The molecule has 4 rings (SSSR count). The summed E-state index contributed by atoms with van der Waals surface area (Å²) in [6, 6.07) is 7.09. The molecule has 0 N–H and O–H groups in total. The van der Waals surface area contributed by atoms with E-state index < -0.39 is 0 Å². The Morgan fingerprint density at radius 1 is 1.42 bits per heavy atom. The fourth-order valence-corrected chi connectivity index (χ4v) is 4.50. The smallest absolute Gasteiger partial charge is 0.348 e. The maximum absolute atomic E-state index is 12.4. The molecule has 0 amide bonds. The number of thiophene rings is 1. The first-order valence-corrected chi connectivity index (χ1v) is 9.59. The minimum Gasteiger partial charge on any atom is -0.455 e. The van der Waals surface area contributed by atoms with E-state index in [2.05, 4.69) is 11.9 Å². The first-order chi connectivity index (χ1) is 12.5. The number of esters is 1. The lowest BCUT2D eigenvalue weighted by molar-refractivity contribution is 0.0473. The maximum Gasteiger partial charge on any atom is 0.348 e. The minimum absolute atomic E-state index is 0.00211. The SMILES string of the molecule is Cc1cccn2c(=O)cc(COC(=O)c3cc4c(s3)CC[C@@H](C)C4)nc12. The van der Waals surface area contributed by atoms with E-state index >= 15 is 0 Å². The van der Waals surface area contributed by atoms with Gasteiger partial charge in [0.1, 0.15) is 17.1 Å². The Bertz CT molecular complexity index is 1050. The van der Waals surface area contributed by atoms with Crippen LogP contribution in [0.15, 0.2) is 35.3 Å². The molecule has 3 aromatic heterocycles. The molecular weight excluding hydrogens is 348 g/mol. The number of hydrogen-bond acceptors (Lipinski definition) is 5. The fourth-order valence-electron chi connectivity index (χ4n) is 3.40. The highest BCUT2D eigenvalue weighted by atomic mass is 32.1. The first kappa shape index (κ1) is 17.0. The lowest BCUT2D eigenvalue weighted by Gasteiger charge is -2.16. The van der Waals surface area contributed by atoms with E-state index in [0.717, 1.165) is 18.4 Å². The van der Waals surface area contributed by atoms with Crippen LogP contribution in [-0.2, 0) is 24.2 Å². The molecule has 5 nitrogen and oxygen atoms in total. The van der Waals surface area contributed by atoms with Gasteiger partial charge < -0.3 is 4.74 Å². The van der Waals surface area contributed by atoms with E-state index in [4.69, 9.17) is 4.74 Å². The number of hydrogen-bond donors (Lipinski definition) is 0. The second kappa shape index (κ2) is 6.68. The molecule has 0 spiro atoms.